The van der Waals surface area contributed by atoms with Crippen molar-refractivity contribution in [2.75, 3.05) is 33.9 Å². The highest BCUT2D eigenvalue weighted by Crippen LogP contribution is 2.27. The molecule has 0 aliphatic carbocycles. The predicted octanol–water partition coefficient (Wildman–Crippen LogP) is 3.80. The maximum atomic E-state index is 5.38. The van der Waals surface area contributed by atoms with E-state index in [1.165, 1.54) is 11.1 Å². The summed E-state index contributed by atoms with van der Waals surface area (Å²) in [6.45, 7) is 11.7. The van der Waals surface area contributed by atoms with Crippen molar-refractivity contribution in [3.63, 3.8) is 0 Å². The van der Waals surface area contributed by atoms with Crippen molar-refractivity contribution in [1.82, 2.24) is 15.5 Å². The molecule has 2 N–H and O–H groups in total. The summed E-state index contributed by atoms with van der Waals surface area (Å²) in [6, 6.07) is 14.7. The maximum Gasteiger partial charge on any atom is 0.191 e. The maximum absolute atomic E-state index is 5.38. The van der Waals surface area contributed by atoms with Crippen LogP contribution in [0.3, 0.4) is 0 Å². The first-order valence-electron chi connectivity index (χ1n) is 10.7. The van der Waals surface area contributed by atoms with Crippen molar-refractivity contribution in [3.8, 4) is 11.5 Å². The summed E-state index contributed by atoms with van der Waals surface area (Å²) in [5.74, 6) is 2.23. The lowest BCUT2D eigenvalue weighted by Gasteiger charge is -2.18. The van der Waals surface area contributed by atoms with Crippen LogP contribution in [0.2, 0.25) is 0 Å². The minimum Gasteiger partial charge on any atom is -0.493 e. The number of benzene rings is 2. The molecule has 0 amide bonds. The lowest BCUT2D eigenvalue weighted by molar-refractivity contribution is 0.296. The van der Waals surface area contributed by atoms with Crippen molar-refractivity contribution in [3.05, 3.63) is 59.2 Å². The molecule has 6 nitrogen and oxygen atoms in total. The molecule has 2 rings (SSSR count). The summed E-state index contributed by atoms with van der Waals surface area (Å²) in [4.78, 5) is 7.11. The van der Waals surface area contributed by atoms with Gasteiger partial charge in [0.25, 0.3) is 0 Å². The van der Waals surface area contributed by atoms with E-state index in [1.807, 2.05) is 18.2 Å². The van der Waals surface area contributed by atoms with Gasteiger partial charge in [0.05, 0.1) is 20.8 Å². The molecule has 0 bridgehead atoms. The Labute approximate surface area is 181 Å². The van der Waals surface area contributed by atoms with Crippen LogP contribution in [0.1, 0.15) is 37.5 Å². The van der Waals surface area contributed by atoms with Gasteiger partial charge >= 0.3 is 0 Å². The fourth-order valence-electron chi connectivity index (χ4n) is 3.14. The first-order chi connectivity index (χ1) is 14.6. The zero-order valence-corrected chi connectivity index (χ0v) is 19.0. The first kappa shape index (κ1) is 23.5. The normalized spacial score (nSPS) is 11.5. The van der Waals surface area contributed by atoms with Gasteiger partial charge < -0.3 is 20.1 Å². The average molecular weight is 413 g/mol. The van der Waals surface area contributed by atoms with Crippen LogP contribution in [-0.4, -0.2) is 44.7 Å². The Balaban J connectivity index is 1.96. The van der Waals surface area contributed by atoms with Crippen LogP contribution in [0.25, 0.3) is 0 Å². The Bertz CT molecular complexity index is 786. The molecule has 164 valence electrons. The molecule has 2 aromatic carbocycles. The van der Waals surface area contributed by atoms with E-state index in [0.717, 1.165) is 50.0 Å². The standard InChI is InChI=1S/C24H36N4O2/c1-6-25-24(27-17-21-13-14-22(29-4)23(15-21)30-5)26-16-19-9-11-20(12-10-19)18-28(7-2)8-3/h9-15H,6-8,16-18H2,1-5H3,(H2,25,26,27). The number of nitrogens with zero attached hydrogens (tertiary/aromatic N) is 2. The van der Waals surface area contributed by atoms with Crippen molar-refractivity contribution < 1.29 is 9.47 Å². The molecule has 0 aromatic heterocycles. The summed E-state index contributed by atoms with van der Waals surface area (Å²) in [6.07, 6.45) is 0. The zero-order chi connectivity index (χ0) is 21.8. The van der Waals surface area contributed by atoms with Crippen molar-refractivity contribution >= 4 is 5.96 Å². The lowest BCUT2D eigenvalue weighted by Crippen LogP contribution is -2.36. The summed E-state index contributed by atoms with van der Waals surface area (Å²) in [5.41, 5.74) is 3.64. The number of ether oxygens (including phenoxy) is 2. The topological polar surface area (TPSA) is 58.1 Å². The van der Waals surface area contributed by atoms with Crippen molar-refractivity contribution in [1.29, 1.82) is 0 Å². The van der Waals surface area contributed by atoms with Crippen LogP contribution in [-0.2, 0) is 19.6 Å². The van der Waals surface area contributed by atoms with Crippen LogP contribution in [0.4, 0.5) is 0 Å². The SMILES string of the molecule is CCNC(=NCc1ccc(OC)c(OC)c1)NCc1ccc(CN(CC)CC)cc1. The molecule has 0 heterocycles. The van der Waals surface area contributed by atoms with E-state index in [-0.39, 0.29) is 0 Å². The molecular weight excluding hydrogens is 376 g/mol. The fourth-order valence-corrected chi connectivity index (χ4v) is 3.14. The van der Waals surface area contributed by atoms with Gasteiger partial charge in [-0.15, -0.1) is 0 Å². The largest absolute Gasteiger partial charge is 0.493 e. The van der Waals surface area contributed by atoms with Crippen LogP contribution in [0.5, 0.6) is 11.5 Å². The molecule has 0 radical (unpaired) electrons. The molecular formula is C24H36N4O2. The number of nitrogens with one attached hydrogen (secondary N) is 2. The van der Waals surface area contributed by atoms with E-state index >= 15 is 0 Å². The number of rotatable bonds is 11. The Morgan fingerprint density at radius 2 is 1.47 bits per heavy atom. The van der Waals surface area contributed by atoms with Gasteiger partial charge in [0.15, 0.2) is 17.5 Å². The molecule has 6 heteroatoms. The minimum absolute atomic E-state index is 0.554. The van der Waals surface area contributed by atoms with Crippen LogP contribution < -0.4 is 20.1 Å². The molecule has 0 atom stereocenters. The number of hydrogen-bond donors (Lipinski definition) is 2. The van der Waals surface area contributed by atoms with E-state index < -0.39 is 0 Å². The minimum atomic E-state index is 0.554. The van der Waals surface area contributed by atoms with E-state index in [2.05, 4.69) is 60.6 Å². The Morgan fingerprint density at radius 3 is 2.07 bits per heavy atom. The molecule has 0 aliphatic rings. The second-order valence-corrected chi connectivity index (χ2v) is 7.02. The molecule has 0 unspecified atom stereocenters. The van der Waals surface area contributed by atoms with Gasteiger partial charge in [-0.25, -0.2) is 4.99 Å². The van der Waals surface area contributed by atoms with Gasteiger partial charge in [-0.05, 0) is 48.8 Å². The molecule has 2 aromatic rings. The van der Waals surface area contributed by atoms with Gasteiger partial charge in [-0.1, -0.05) is 44.2 Å². The van der Waals surface area contributed by atoms with Gasteiger partial charge in [0, 0.05) is 19.6 Å². The lowest BCUT2D eigenvalue weighted by atomic mass is 10.1. The Morgan fingerprint density at radius 1 is 0.833 bits per heavy atom. The fraction of sp³-hybridized carbons (Fsp3) is 0.458. The summed E-state index contributed by atoms with van der Waals surface area (Å²) < 4.78 is 10.7. The Hall–Kier alpha value is -2.73. The summed E-state index contributed by atoms with van der Waals surface area (Å²) in [7, 11) is 3.28. The van der Waals surface area contributed by atoms with E-state index in [9.17, 15) is 0 Å². The zero-order valence-electron chi connectivity index (χ0n) is 19.0. The van der Waals surface area contributed by atoms with Crippen molar-refractivity contribution in [2.45, 2.75) is 40.4 Å². The highest BCUT2D eigenvalue weighted by molar-refractivity contribution is 5.79. The van der Waals surface area contributed by atoms with Gasteiger partial charge in [-0.3, -0.25) is 4.90 Å². The third-order valence-corrected chi connectivity index (χ3v) is 5.00. The Kier molecular flexibility index (Phi) is 10.0. The highest BCUT2D eigenvalue weighted by atomic mass is 16.5. The average Bonchev–Trinajstić information content (AvgIpc) is 2.79. The van der Waals surface area contributed by atoms with Crippen LogP contribution >= 0.6 is 0 Å². The molecule has 0 saturated heterocycles. The second kappa shape index (κ2) is 12.8. The number of methoxy groups -OCH3 is 2. The third kappa shape index (κ3) is 7.26. The second-order valence-electron chi connectivity index (χ2n) is 7.02. The number of hydrogen-bond acceptors (Lipinski definition) is 4. The molecule has 0 fully saturated rings. The first-order valence-corrected chi connectivity index (χ1v) is 10.7. The smallest absolute Gasteiger partial charge is 0.191 e. The van der Waals surface area contributed by atoms with E-state index in [1.54, 1.807) is 14.2 Å². The summed E-state index contributed by atoms with van der Waals surface area (Å²) in [5, 5.41) is 6.72. The monoisotopic (exact) mass is 412 g/mol. The van der Waals surface area contributed by atoms with Crippen LogP contribution in [0, 0.1) is 0 Å². The van der Waals surface area contributed by atoms with E-state index in [0.29, 0.717) is 12.3 Å². The molecule has 0 spiro atoms. The molecule has 0 saturated carbocycles. The number of aliphatic imine (C=N–C) groups is 1. The van der Waals surface area contributed by atoms with Crippen molar-refractivity contribution in [2.24, 2.45) is 4.99 Å². The molecule has 0 aliphatic heterocycles. The quantitative estimate of drug-likeness (QED) is 0.434. The van der Waals surface area contributed by atoms with E-state index in [4.69, 9.17) is 14.5 Å². The van der Waals surface area contributed by atoms with Gasteiger partial charge in [0.2, 0.25) is 0 Å². The third-order valence-electron chi connectivity index (χ3n) is 5.00. The summed E-state index contributed by atoms with van der Waals surface area (Å²) >= 11 is 0. The highest BCUT2D eigenvalue weighted by Gasteiger charge is 2.05. The van der Waals surface area contributed by atoms with Gasteiger partial charge in [-0.2, -0.15) is 0 Å². The number of guanidine groups is 1. The predicted molar refractivity (Wildman–Crippen MR) is 124 cm³/mol. The molecule has 30 heavy (non-hydrogen) atoms. The van der Waals surface area contributed by atoms with Gasteiger partial charge in [0.1, 0.15) is 0 Å². The van der Waals surface area contributed by atoms with Crippen LogP contribution in [0.15, 0.2) is 47.5 Å².